The highest BCUT2D eigenvalue weighted by atomic mass is 32.2. The fourth-order valence-corrected chi connectivity index (χ4v) is 4.01. The van der Waals surface area contributed by atoms with Crippen molar-refractivity contribution in [1.29, 1.82) is 0 Å². The van der Waals surface area contributed by atoms with Crippen LogP contribution in [0.25, 0.3) is 0 Å². The highest BCUT2D eigenvalue weighted by molar-refractivity contribution is 7.99. The van der Waals surface area contributed by atoms with Gasteiger partial charge in [-0.25, -0.2) is 0 Å². The van der Waals surface area contributed by atoms with Crippen LogP contribution in [0.1, 0.15) is 31.9 Å². The molecule has 0 spiro atoms. The molecule has 2 rings (SSSR count). The Kier molecular flexibility index (Phi) is 4.71. The number of hydrogen-bond acceptors (Lipinski definition) is 3. The van der Waals surface area contributed by atoms with Gasteiger partial charge in [0.2, 0.25) is 0 Å². The van der Waals surface area contributed by atoms with Gasteiger partial charge in [0.25, 0.3) is 0 Å². The average Bonchev–Trinajstić information content (AvgIpc) is 2.38. The van der Waals surface area contributed by atoms with Gasteiger partial charge in [-0.1, -0.05) is 44.2 Å². The van der Waals surface area contributed by atoms with E-state index >= 15 is 0 Å². The van der Waals surface area contributed by atoms with Crippen LogP contribution in [-0.4, -0.2) is 29.3 Å². The maximum Gasteiger partial charge on any atom is 0.0626 e. The molecular weight excluding hydrogens is 242 g/mol. The maximum atomic E-state index is 9.61. The Morgan fingerprint density at radius 2 is 2.11 bits per heavy atom. The van der Waals surface area contributed by atoms with Gasteiger partial charge < -0.3 is 10.4 Å². The molecule has 0 aromatic heterocycles. The second kappa shape index (κ2) is 6.09. The summed E-state index contributed by atoms with van der Waals surface area (Å²) < 4.78 is 0. The molecule has 100 valence electrons. The summed E-state index contributed by atoms with van der Waals surface area (Å²) in [4.78, 5) is 0. The number of hydrogen-bond donors (Lipinski definition) is 2. The lowest BCUT2D eigenvalue weighted by Crippen LogP contribution is -2.48. The third-order valence-corrected chi connectivity index (χ3v) is 4.97. The quantitative estimate of drug-likeness (QED) is 0.878. The molecule has 0 bridgehead atoms. The normalized spacial score (nSPS) is 24.7. The van der Waals surface area contributed by atoms with Crippen LogP contribution < -0.4 is 5.32 Å². The van der Waals surface area contributed by atoms with Crippen molar-refractivity contribution in [2.75, 3.05) is 18.1 Å². The summed E-state index contributed by atoms with van der Waals surface area (Å²) in [6, 6.07) is 10.7. The van der Waals surface area contributed by atoms with Crippen molar-refractivity contribution in [3.63, 3.8) is 0 Å². The topological polar surface area (TPSA) is 32.3 Å². The van der Waals surface area contributed by atoms with Gasteiger partial charge in [-0.2, -0.15) is 11.8 Å². The molecule has 0 amide bonds. The van der Waals surface area contributed by atoms with Gasteiger partial charge in [0.1, 0.15) is 0 Å². The SMILES string of the molecule is CC1(C)CCSCC1NC(CO)c1ccccc1. The molecule has 0 radical (unpaired) electrons. The van der Waals surface area contributed by atoms with Crippen LogP contribution in [0.3, 0.4) is 0 Å². The van der Waals surface area contributed by atoms with Crippen LogP contribution in [0.5, 0.6) is 0 Å². The first-order valence-corrected chi connectivity index (χ1v) is 7.78. The summed E-state index contributed by atoms with van der Waals surface area (Å²) in [6.07, 6.45) is 1.24. The second-order valence-electron chi connectivity index (χ2n) is 5.68. The number of aliphatic hydroxyl groups excluding tert-OH is 1. The number of benzene rings is 1. The molecule has 1 aliphatic rings. The van der Waals surface area contributed by atoms with Crippen molar-refractivity contribution in [3.8, 4) is 0 Å². The van der Waals surface area contributed by atoms with E-state index in [1.807, 2.05) is 30.0 Å². The van der Waals surface area contributed by atoms with E-state index in [1.54, 1.807) is 0 Å². The van der Waals surface area contributed by atoms with E-state index in [1.165, 1.54) is 17.7 Å². The molecule has 3 heteroatoms. The zero-order chi connectivity index (χ0) is 13.0. The van der Waals surface area contributed by atoms with E-state index in [2.05, 4.69) is 31.3 Å². The standard InChI is InChI=1S/C15H23NOS/c1-15(2)8-9-18-11-14(15)16-13(10-17)12-6-4-3-5-7-12/h3-7,13-14,16-17H,8-11H2,1-2H3. The van der Waals surface area contributed by atoms with Gasteiger partial charge >= 0.3 is 0 Å². The zero-order valence-electron chi connectivity index (χ0n) is 11.2. The first kappa shape index (κ1) is 13.9. The molecular formula is C15H23NOS. The summed E-state index contributed by atoms with van der Waals surface area (Å²) in [5, 5.41) is 13.3. The van der Waals surface area contributed by atoms with Gasteiger partial charge in [0.15, 0.2) is 0 Å². The smallest absolute Gasteiger partial charge is 0.0626 e. The first-order chi connectivity index (χ1) is 8.63. The van der Waals surface area contributed by atoms with Crippen LogP contribution in [0.2, 0.25) is 0 Å². The minimum atomic E-state index is 0.0502. The molecule has 2 N–H and O–H groups in total. The Balaban J connectivity index is 2.06. The molecule has 1 aromatic carbocycles. The largest absolute Gasteiger partial charge is 0.394 e. The Morgan fingerprint density at radius 1 is 1.39 bits per heavy atom. The van der Waals surface area contributed by atoms with Crippen LogP contribution in [0.15, 0.2) is 30.3 Å². The number of thioether (sulfide) groups is 1. The first-order valence-electron chi connectivity index (χ1n) is 6.63. The maximum absolute atomic E-state index is 9.61. The predicted octanol–water partition coefficient (Wildman–Crippen LogP) is 2.84. The molecule has 1 saturated heterocycles. The average molecular weight is 265 g/mol. The monoisotopic (exact) mass is 265 g/mol. The van der Waals surface area contributed by atoms with Crippen LogP contribution in [0, 0.1) is 5.41 Å². The molecule has 1 fully saturated rings. The van der Waals surface area contributed by atoms with Gasteiger partial charge in [-0.3, -0.25) is 0 Å². The van der Waals surface area contributed by atoms with Gasteiger partial charge in [-0.15, -0.1) is 0 Å². The van der Waals surface area contributed by atoms with E-state index in [0.717, 1.165) is 5.75 Å². The molecule has 18 heavy (non-hydrogen) atoms. The Morgan fingerprint density at radius 3 is 2.72 bits per heavy atom. The predicted molar refractivity (Wildman–Crippen MR) is 78.9 cm³/mol. The molecule has 0 saturated carbocycles. The molecule has 0 aliphatic carbocycles. The highest BCUT2D eigenvalue weighted by Gasteiger charge is 2.33. The van der Waals surface area contributed by atoms with Crippen molar-refractivity contribution >= 4 is 11.8 Å². The highest BCUT2D eigenvalue weighted by Crippen LogP contribution is 2.35. The summed E-state index contributed by atoms with van der Waals surface area (Å²) >= 11 is 2.01. The van der Waals surface area contributed by atoms with Gasteiger partial charge in [0, 0.05) is 11.8 Å². The Labute approximate surface area is 114 Å². The molecule has 1 aromatic rings. The molecule has 2 atom stereocenters. The Hall–Kier alpha value is -0.510. The van der Waals surface area contributed by atoms with Gasteiger partial charge in [-0.05, 0) is 23.2 Å². The lowest BCUT2D eigenvalue weighted by Gasteiger charge is -2.40. The molecule has 1 aliphatic heterocycles. The lowest BCUT2D eigenvalue weighted by atomic mass is 9.81. The molecule has 2 unspecified atom stereocenters. The number of nitrogens with one attached hydrogen (secondary N) is 1. The van der Waals surface area contributed by atoms with Gasteiger partial charge in [0.05, 0.1) is 12.6 Å². The lowest BCUT2D eigenvalue weighted by molar-refractivity contribution is 0.183. The van der Waals surface area contributed by atoms with Crippen molar-refractivity contribution in [1.82, 2.24) is 5.32 Å². The fourth-order valence-electron chi connectivity index (χ4n) is 2.39. The van der Waals surface area contributed by atoms with Crippen LogP contribution >= 0.6 is 11.8 Å². The number of rotatable bonds is 4. The molecule has 1 heterocycles. The fraction of sp³-hybridized carbons (Fsp3) is 0.600. The van der Waals surface area contributed by atoms with E-state index in [-0.39, 0.29) is 12.6 Å². The summed E-state index contributed by atoms with van der Waals surface area (Å²) in [5.74, 6) is 2.39. The van der Waals surface area contributed by atoms with E-state index in [9.17, 15) is 5.11 Å². The Bertz CT molecular complexity index is 366. The zero-order valence-corrected chi connectivity index (χ0v) is 12.0. The van der Waals surface area contributed by atoms with E-state index in [0.29, 0.717) is 11.5 Å². The summed E-state index contributed by atoms with van der Waals surface area (Å²) in [6.45, 7) is 4.80. The summed E-state index contributed by atoms with van der Waals surface area (Å²) in [7, 11) is 0. The van der Waals surface area contributed by atoms with E-state index < -0.39 is 0 Å². The second-order valence-corrected chi connectivity index (χ2v) is 6.83. The molecule has 2 nitrogen and oxygen atoms in total. The summed E-state index contributed by atoms with van der Waals surface area (Å²) in [5.41, 5.74) is 1.49. The minimum absolute atomic E-state index is 0.0502. The van der Waals surface area contributed by atoms with Crippen molar-refractivity contribution in [2.24, 2.45) is 5.41 Å². The number of aliphatic hydroxyl groups is 1. The van der Waals surface area contributed by atoms with Crippen LogP contribution in [0.4, 0.5) is 0 Å². The third kappa shape index (κ3) is 3.28. The van der Waals surface area contributed by atoms with E-state index in [4.69, 9.17) is 0 Å². The van der Waals surface area contributed by atoms with Crippen molar-refractivity contribution in [3.05, 3.63) is 35.9 Å². The van der Waals surface area contributed by atoms with Crippen molar-refractivity contribution in [2.45, 2.75) is 32.4 Å². The van der Waals surface area contributed by atoms with Crippen LogP contribution in [-0.2, 0) is 0 Å². The third-order valence-electron chi connectivity index (χ3n) is 3.91. The van der Waals surface area contributed by atoms with Crippen molar-refractivity contribution < 1.29 is 5.11 Å². The minimum Gasteiger partial charge on any atom is -0.394 e.